The smallest absolute Gasteiger partial charge is 0.416 e. The number of hydrogen-bond acceptors (Lipinski definition) is 8. The standard InChI is InChI=1S/C26H28F6N6O5/c1-5-6-7-16(18(39)20(40)35-17-8-9-33-36-17)34-23(41)42-19(24(2,3)4)22-38-37-21(43-22)13-10-14(25(27,28)29)12-15(11-13)26(30,31)32/h8-12,16,19H,5-7H2,1-4H3,(H,34,41)(H2,33,35,36,40)/t16-,19-/m0/s1. The molecule has 0 saturated heterocycles. The number of carbonyl (C=O) groups is 3. The van der Waals surface area contributed by atoms with Gasteiger partial charge in [0.15, 0.2) is 6.10 Å². The Morgan fingerprint density at radius 1 is 1.00 bits per heavy atom. The van der Waals surface area contributed by atoms with E-state index in [1.54, 1.807) is 20.8 Å². The third-order valence-corrected chi connectivity index (χ3v) is 5.94. The molecule has 2 aromatic heterocycles. The van der Waals surface area contributed by atoms with Gasteiger partial charge in [0.05, 0.1) is 17.3 Å². The Morgan fingerprint density at radius 2 is 1.63 bits per heavy atom. The van der Waals surface area contributed by atoms with Gasteiger partial charge in [0.25, 0.3) is 11.8 Å². The molecule has 0 aliphatic heterocycles. The number of aromatic nitrogens is 4. The van der Waals surface area contributed by atoms with Crippen molar-refractivity contribution in [2.75, 3.05) is 5.32 Å². The second-order valence-electron chi connectivity index (χ2n) is 10.5. The predicted octanol–water partition coefficient (Wildman–Crippen LogP) is 6.08. The first kappa shape index (κ1) is 33.1. The van der Waals surface area contributed by atoms with Gasteiger partial charge in [-0.15, -0.1) is 10.2 Å². The maximum absolute atomic E-state index is 13.3. The van der Waals surface area contributed by atoms with Gasteiger partial charge in [-0.1, -0.05) is 40.5 Å². The van der Waals surface area contributed by atoms with Gasteiger partial charge in [-0.2, -0.15) is 31.4 Å². The normalized spacial score (nSPS) is 13.7. The van der Waals surface area contributed by atoms with Crippen molar-refractivity contribution in [3.63, 3.8) is 0 Å². The minimum Gasteiger partial charge on any atom is -0.436 e. The van der Waals surface area contributed by atoms with Crippen molar-refractivity contribution < 1.29 is 49.9 Å². The average Bonchev–Trinajstić information content (AvgIpc) is 3.60. The molecule has 0 aliphatic carbocycles. The number of benzene rings is 1. The number of unbranched alkanes of at least 4 members (excludes halogenated alkanes) is 1. The van der Waals surface area contributed by atoms with Crippen molar-refractivity contribution in [1.29, 1.82) is 0 Å². The summed E-state index contributed by atoms with van der Waals surface area (Å²) in [5, 5.41) is 18.1. The van der Waals surface area contributed by atoms with E-state index in [-0.39, 0.29) is 18.3 Å². The van der Waals surface area contributed by atoms with Crippen LogP contribution in [0.15, 0.2) is 34.9 Å². The number of alkyl carbamates (subject to hydrolysis) is 1. The van der Waals surface area contributed by atoms with E-state index in [2.05, 4.69) is 31.0 Å². The largest absolute Gasteiger partial charge is 0.436 e. The lowest BCUT2D eigenvalue weighted by Gasteiger charge is -2.28. The molecule has 0 unspecified atom stereocenters. The molecule has 0 saturated carbocycles. The number of amides is 2. The minimum atomic E-state index is -5.10. The van der Waals surface area contributed by atoms with Crippen LogP contribution in [0.3, 0.4) is 0 Å². The first-order valence-electron chi connectivity index (χ1n) is 12.8. The van der Waals surface area contributed by atoms with Crippen molar-refractivity contribution in [1.82, 2.24) is 25.7 Å². The summed E-state index contributed by atoms with van der Waals surface area (Å²) in [5.74, 6) is -2.97. The zero-order valence-corrected chi connectivity index (χ0v) is 23.3. The number of Topliss-reactive ketones (excluding diaryl/α,β-unsaturated/α-hetero) is 1. The Balaban J connectivity index is 1.85. The van der Waals surface area contributed by atoms with E-state index in [0.29, 0.717) is 25.0 Å². The van der Waals surface area contributed by atoms with Crippen molar-refractivity contribution in [3.8, 4) is 11.5 Å². The second-order valence-corrected chi connectivity index (χ2v) is 10.5. The summed E-state index contributed by atoms with van der Waals surface area (Å²) in [5.41, 5.74) is -4.82. The van der Waals surface area contributed by atoms with Crippen LogP contribution in [-0.2, 0) is 26.7 Å². The first-order valence-corrected chi connectivity index (χ1v) is 12.8. The molecule has 3 rings (SSSR count). The molecule has 2 heterocycles. The van der Waals surface area contributed by atoms with Crippen LogP contribution in [-0.4, -0.2) is 44.2 Å². The second kappa shape index (κ2) is 12.8. The van der Waals surface area contributed by atoms with Gasteiger partial charge in [-0.05, 0) is 24.6 Å². The number of halogens is 6. The van der Waals surface area contributed by atoms with Crippen molar-refractivity contribution in [3.05, 3.63) is 47.5 Å². The summed E-state index contributed by atoms with van der Waals surface area (Å²) in [4.78, 5) is 38.1. The van der Waals surface area contributed by atoms with Crippen molar-refractivity contribution in [2.45, 2.75) is 71.5 Å². The fourth-order valence-electron chi connectivity index (χ4n) is 3.76. The molecule has 0 aliphatic rings. The number of carbonyl (C=O) groups excluding carboxylic acids is 3. The van der Waals surface area contributed by atoms with Gasteiger partial charge in [-0.3, -0.25) is 14.7 Å². The predicted molar refractivity (Wildman–Crippen MR) is 137 cm³/mol. The third kappa shape index (κ3) is 8.78. The Morgan fingerprint density at radius 3 is 2.14 bits per heavy atom. The Hall–Kier alpha value is -4.44. The van der Waals surface area contributed by atoms with Crippen LogP contribution in [0.25, 0.3) is 11.5 Å². The number of rotatable bonds is 10. The highest BCUT2D eigenvalue weighted by atomic mass is 19.4. The summed E-state index contributed by atoms with van der Waals surface area (Å²) < 4.78 is 90.7. The topological polar surface area (TPSA) is 152 Å². The van der Waals surface area contributed by atoms with E-state index in [1.807, 2.05) is 6.92 Å². The number of nitrogens with zero attached hydrogens (tertiary/aromatic N) is 3. The zero-order chi connectivity index (χ0) is 32.2. The highest BCUT2D eigenvalue weighted by Crippen LogP contribution is 2.40. The van der Waals surface area contributed by atoms with Crippen LogP contribution >= 0.6 is 0 Å². The van der Waals surface area contributed by atoms with Crippen LogP contribution in [0.5, 0.6) is 0 Å². The Kier molecular flexibility index (Phi) is 9.86. The summed E-state index contributed by atoms with van der Waals surface area (Å²) in [6, 6.07) is 0.913. The quantitative estimate of drug-likeness (QED) is 0.183. The van der Waals surface area contributed by atoms with E-state index in [4.69, 9.17) is 9.15 Å². The van der Waals surface area contributed by atoms with Crippen molar-refractivity contribution >= 4 is 23.6 Å². The Bertz CT molecular complexity index is 1400. The molecular formula is C26H28F6N6O5. The summed E-state index contributed by atoms with van der Waals surface area (Å²) >= 11 is 0. The third-order valence-electron chi connectivity index (χ3n) is 5.94. The number of hydrogen-bond donors (Lipinski definition) is 3. The summed E-state index contributed by atoms with van der Waals surface area (Å²) in [6.07, 6.45) is -10.2. The molecule has 2 amide bonds. The fourth-order valence-corrected chi connectivity index (χ4v) is 3.76. The number of aromatic amines is 1. The number of anilines is 1. The van der Waals surface area contributed by atoms with E-state index >= 15 is 0 Å². The van der Waals surface area contributed by atoms with Crippen LogP contribution in [0.2, 0.25) is 0 Å². The van der Waals surface area contributed by atoms with Gasteiger partial charge >= 0.3 is 18.4 Å². The van der Waals surface area contributed by atoms with E-state index < -0.39 is 76.2 Å². The van der Waals surface area contributed by atoms with E-state index in [9.17, 15) is 40.7 Å². The number of alkyl halides is 6. The monoisotopic (exact) mass is 618 g/mol. The highest BCUT2D eigenvalue weighted by Gasteiger charge is 2.39. The molecule has 43 heavy (non-hydrogen) atoms. The molecule has 0 spiro atoms. The SMILES string of the molecule is CCCC[C@H](NC(=O)O[C@@H](c1nnc(-c2cc(C(F)(F)F)cc(C(F)(F)F)c2)o1)C(C)(C)C)C(=O)C(=O)Nc1ccn[nH]1. The maximum Gasteiger partial charge on any atom is 0.416 e. The van der Waals surface area contributed by atoms with E-state index in [1.165, 1.54) is 12.3 Å². The average molecular weight is 619 g/mol. The number of nitrogens with one attached hydrogen (secondary N) is 3. The lowest BCUT2D eigenvalue weighted by molar-refractivity contribution is -0.143. The number of ketones is 1. The van der Waals surface area contributed by atoms with Crippen LogP contribution in [0.4, 0.5) is 37.0 Å². The van der Waals surface area contributed by atoms with Crippen LogP contribution in [0.1, 0.15) is 70.1 Å². The molecule has 3 N–H and O–H groups in total. The van der Waals surface area contributed by atoms with E-state index in [0.717, 1.165) is 0 Å². The molecule has 0 fully saturated rings. The van der Waals surface area contributed by atoms with Gasteiger partial charge in [0, 0.05) is 17.0 Å². The molecule has 11 nitrogen and oxygen atoms in total. The summed E-state index contributed by atoms with van der Waals surface area (Å²) in [6.45, 7) is 6.57. The zero-order valence-electron chi connectivity index (χ0n) is 23.3. The Labute approximate surface area is 240 Å². The molecule has 3 aromatic rings. The molecule has 1 aromatic carbocycles. The van der Waals surface area contributed by atoms with Gasteiger partial charge < -0.3 is 19.8 Å². The van der Waals surface area contributed by atoms with Crippen LogP contribution in [0, 0.1) is 5.41 Å². The van der Waals surface area contributed by atoms with Gasteiger partial charge in [0.1, 0.15) is 11.9 Å². The fraction of sp³-hybridized carbons (Fsp3) is 0.462. The minimum absolute atomic E-state index is 0.0439. The summed E-state index contributed by atoms with van der Waals surface area (Å²) in [7, 11) is 0. The molecule has 0 bridgehead atoms. The number of ether oxygens (including phenoxy) is 1. The molecule has 234 valence electrons. The number of H-pyrrole nitrogens is 1. The van der Waals surface area contributed by atoms with Crippen LogP contribution < -0.4 is 10.6 Å². The highest BCUT2D eigenvalue weighted by molar-refractivity contribution is 6.42. The molecule has 2 atom stereocenters. The van der Waals surface area contributed by atoms with Gasteiger partial charge in [-0.25, -0.2) is 4.79 Å². The molecular weight excluding hydrogens is 590 g/mol. The first-order chi connectivity index (χ1) is 19.9. The molecule has 0 radical (unpaired) electrons. The molecule has 17 heteroatoms. The maximum atomic E-state index is 13.3. The lowest BCUT2D eigenvalue weighted by atomic mass is 9.89. The van der Waals surface area contributed by atoms with Crippen molar-refractivity contribution in [2.24, 2.45) is 5.41 Å². The van der Waals surface area contributed by atoms with Gasteiger partial charge in [0.2, 0.25) is 11.7 Å². The lowest BCUT2D eigenvalue weighted by Crippen LogP contribution is -2.46.